The number of fused-ring (bicyclic) bond motifs is 1. The summed E-state index contributed by atoms with van der Waals surface area (Å²) in [4.78, 5) is 20.1. The molecule has 0 spiro atoms. The number of benzene rings is 1. The summed E-state index contributed by atoms with van der Waals surface area (Å²) >= 11 is 1.53. The molecule has 0 fully saturated rings. The number of hydrogen-bond acceptors (Lipinski definition) is 7. The van der Waals surface area contributed by atoms with Gasteiger partial charge in [-0.05, 0) is 12.5 Å². The van der Waals surface area contributed by atoms with Crippen LogP contribution in [-0.2, 0) is 6.42 Å². The van der Waals surface area contributed by atoms with Crippen molar-refractivity contribution in [2.24, 2.45) is 0 Å². The molecule has 3 heterocycles. The molecular formula is C16H14N6OS. The maximum absolute atomic E-state index is 5.41. The van der Waals surface area contributed by atoms with E-state index in [0.717, 1.165) is 16.1 Å². The van der Waals surface area contributed by atoms with Gasteiger partial charge in [0.2, 0.25) is 5.89 Å². The van der Waals surface area contributed by atoms with Crippen molar-refractivity contribution in [1.29, 1.82) is 0 Å². The Morgan fingerprint density at radius 3 is 2.92 bits per heavy atom. The lowest BCUT2D eigenvalue weighted by Crippen LogP contribution is -1.94. The van der Waals surface area contributed by atoms with Gasteiger partial charge in [0.05, 0.1) is 11.6 Å². The topological polar surface area (TPSA) is 93.4 Å². The molecule has 3 aromatic heterocycles. The maximum atomic E-state index is 5.41. The molecule has 0 aliphatic carbocycles. The molecule has 0 aliphatic rings. The molecule has 0 bridgehead atoms. The van der Waals surface area contributed by atoms with Gasteiger partial charge in [0.15, 0.2) is 11.5 Å². The first kappa shape index (κ1) is 14.8. The number of aromatic amines is 1. The molecular weight excluding hydrogens is 324 g/mol. The first-order valence-electron chi connectivity index (χ1n) is 7.47. The maximum Gasteiger partial charge on any atom is 0.239 e. The molecule has 4 rings (SSSR count). The zero-order valence-electron chi connectivity index (χ0n) is 12.9. The van der Waals surface area contributed by atoms with E-state index in [-0.39, 0.29) is 5.25 Å². The smallest absolute Gasteiger partial charge is 0.239 e. The highest BCUT2D eigenvalue weighted by molar-refractivity contribution is 7.99. The van der Waals surface area contributed by atoms with Gasteiger partial charge in [-0.15, -0.1) is 0 Å². The summed E-state index contributed by atoms with van der Waals surface area (Å²) in [6, 6.07) is 10.1. The zero-order valence-corrected chi connectivity index (χ0v) is 13.7. The summed E-state index contributed by atoms with van der Waals surface area (Å²) in [7, 11) is 0. The predicted molar refractivity (Wildman–Crippen MR) is 89.5 cm³/mol. The summed E-state index contributed by atoms with van der Waals surface area (Å²) in [6.45, 7) is 2.01. The van der Waals surface area contributed by atoms with Gasteiger partial charge in [0.25, 0.3) is 0 Å². The second kappa shape index (κ2) is 6.40. The summed E-state index contributed by atoms with van der Waals surface area (Å²) in [5.41, 5.74) is 2.62. The molecule has 0 radical (unpaired) electrons. The fraction of sp³-hybridized carbons (Fsp3) is 0.188. The van der Waals surface area contributed by atoms with Crippen LogP contribution in [-0.4, -0.2) is 30.1 Å². The van der Waals surface area contributed by atoms with Gasteiger partial charge < -0.3 is 9.51 Å². The highest BCUT2D eigenvalue weighted by atomic mass is 32.2. The molecule has 1 atom stereocenters. The Morgan fingerprint density at radius 1 is 1.17 bits per heavy atom. The van der Waals surface area contributed by atoms with E-state index in [1.165, 1.54) is 18.1 Å². The van der Waals surface area contributed by atoms with E-state index < -0.39 is 0 Å². The number of imidazole rings is 1. The van der Waals surface area contributed by atoms with Crippen LogP contribution in [0.2, 0.25) is 0 Å². The Bertz CT molecular complexity index is 951. The van der Waals surface area contributed by atoms with E-state index in [2.05, 4.69) is 30.1 Å². The molecule has 4 aromatic rings. The Labute approximate surface area is 141 Å². The van der Waals surface area contributed by atoms with Crippen LogP contribution in [0.15, 0.2) is 52.5 Å². The van der Waals surface area contributed by atoms with E-state index in [1.807, 2.05) is 37.3 Å². The third-order valence-electron chi connectivity index (χ3n) is 3.51. The third kappa shape index (κ3) is 3.00. The fourth-order valence-corrected chi connectivity index (χ4v) is 3.24. The molecule has 24 heavy (non-hydrogen) atoms. The van der Waals surface area contributed by atoms with Crippen molar-refractivity contribution in [2.75, 3.05) is 0 Å². The lowest BCUT2D eigenvalue weighted by atomic mass is 10.1. The van der Waals surface area contributed by atoms with Crippen LogP contribution in [0.5, 0.6) is 0 Å². The standard InChI is InChI=1S/C16H14N6OS/c1-10(24-16-13-14(18-8-17-13)19-9-20-16)15-21-12(22-23-15)7-11-5-3-2-4-6-11/h2-6,8-10H,7H2,1H3,(H,17,18,19,20)/t10-/m0/s1. The highest BCUT2D eigenvalue weighted by Crippen LogP contribution is 2.35. The molecule has 0 amide bonds. The van der Waals surface area contributed by atoms with Gasteiger partial charge in [-0.3, -0.25) is 0 Å². The minimum atomic E-state index is -0.0246. The number of nitrogens with one attached hydrogen (secondary N) is 1. The lowest BCUT2D eigenvalue weighted by Gasteiger charge is -2.05. The average molecular weight is 338 g/mol. The number of nitrogens with zero attached hydrogens (tertiary/aromatic N) is 5. The Balaban J connectivity index is 1.51. The van der Waals surface area contributed by atoms with Crippen molar-refractivity contribution in [3.8, 4) is 0 Å². The molecule has 0 saturated carbocycles. The van der Waals surface area contributed by atoms with Gasteiger partial charge in [-0.25, -0.2) is 15.0 Å². The van der Waals surface area contributed by atoms with E-state index in [9.17, 15) is 0 Å². The van der Waals surface area contributed by atoms with Crippen molar-refractivity contribution >= 4 is 22.9 Å². The Kier molecular flexibility index (Phi) is 3.96. The van der Waals surface area contributed by atoms with E-state index in [4.69, 9.17) is 4.52 Å². The predicted octanol–water partition coefficient (Wildman–Crippen LogP) is 3.18. The van der Waals surface area contributed by atoms with E-state index >= 15 is 0 Å². The molecule has 8 heteroatoms. The van der Waals surface area contributed by atoms with Gasteiger partial charge in [-0.2, -0.15) is 4.98 Å². The summed E-state index contributed by atoms with van der Waals surface area (Å²) in [6.07, 6.45) is 3.77. The number of hydrogen-bond donors (Lipinski definition) is 1. The number of thioether (sulfide) groups is 1. The summed E-state index contributed by atoms with van der Waals surface area (Å²) < 4.78 is 5.41. The number of H-pyrrole nitrogens is 1. The quantitative estimate of drug-likeness (QED) is 0.441. The monoisotopic (exact) mass is 338 g/mol. The third-order valence-corrected chi connectivity index (χ3v) is 4.60. The summed E-state index contributed by atoms with van der Waals surface area (Å²) in [5, 5.41) is 4.86. The summed E-state index contributed by atoms with van der Waals surface area (Å²) in [5.74, 6) is 1.26. The second-order valence-electron chi connectivity index (χ2n) is 5.25. The van der Waals surface area contributed by atoms with Crippen molar-refractivity contribution in [3.63, 3.8) is 0 Å². The highest BCUT2D eigenvalue weighted by Gasteiger charge is 2.18. The van der Waals surface area contributed by atoms with Gasteiger partial charge >= 0.3 is 0 Å². The first-order valence-corrected chi connectivity index (χ1v) is 8.34. The minimum Gasteiger partial charge on any atom is -0.341 e. The zero-order chi connectivity index (χ0) is 16.4. The second-order valence-corrected chi connectivity index (χ2v) is 6.58. The van der Waals surface area contributed by atoms with Crippen molar-refractivity contribution < 1.29 is 4.52 Å². The molecule has 1 N–H and O–H groups in total. The van der Waals surface area contributed by atoms with Crippen molar-refractivity contribution in [3.05, 3.63) is 60.3 Å². The number of aromatic nitrogens is 6. The van der Waals surface area contributed by atoms with E-state index in [0.29, 0.717) is 23.8 Å². The van der Waals surface area contributed by atoms with Gasteiger partial charge in [0, 0.05) is 6.42 Å². The van der Waals surface area contributed by atoms with E-state index in [1.54, 1.807) is 6.33 Å². The fourth-order valence-electron chi connectivity index (χ4n) is 2.33. The normalized spacial score (nSPS) is 12.5. The van der Waals surface area contributed by atoms with Crippen LogP contribution in [0.4, 0.5) is 0 Å². The Morgan fingerprint density at radius 2 is 2.04 bits per heavy atom. The number of rotatable bonds is 5. The van der Waals surface area contributed by atoms with Gasteiger partial charge in [-0.1, -0.05) is 47.3 Å². The average Bonchev–Trinajstić information content (AvgIpc) is 3.25. The van der Waals surface area contributed by atoms with Crippen LogP contribution in [0.25, 0.3) is 11.2 Å². The minimum absolute atomic E-state index is 0.0246. The largest absolute Gasteiger partial charge is 0.341 e. The molecule has 0 unspecified atom stereocenters. The van der Waals surface area contributed by atoms with Crippen LogP contribution < -0.4 is 0 Å². The van der Waals surface area contributed by atoms with Crippen molar-refractivity contribution in [2.45, 2.75) is 23.6 Å². The Hall–Kier alpha value is -2.74. The molecule has 120 valence electrons. The molecule has 7 nitrogen and oxygen atoms in total. The van der Waals surface area contributed by atoms with Gasteiger partial charge in [0.1, 0.15) is 16.9 Å². The van der Waals surface area contributed by atoms with Crippen LogP contribution in [0.1, 0.15) is 29.5 Å². The molecule has 0 saturated heterocycles. The van der Waals surface area contributed by atoms with Crippen LogP contribution >= 0.6 is 11.8 Å². The molecule has 0 aliphatic heterocycles. The first-order chi connectivity index (χ1) is 11.8. The lowest BCUT2D eigenvalue weighted by molar-refractivity contribution is 0.375. The van der Waals surface area contributed by atoms with Crippen molar-refractivity contribution in [1.82, 2.24) is 30.1 Å². The van der Waals surface area contributed by atoms with Crippen LogP contribution in [0, 0.1) is 0 Å². The SMILES string of the molecule is C[C@H](Sc1ncnc2nc[nH]c12)c1nc(Cc2ccccc2)no1. The molecule has 1 aromatic carbocycles. The van der Waals surface area contributed by atoms with Crippen LogP contribution in [0.3, 0.4) is 0 Å².